The average Bonchev–Trinajstić information content (AvgIpc) is 1.90. The van der Waals surface area contributed by atoms with Crippen LogP contribution in [0.15, 0.2) is 0 Å². The molecule has 0 unspecified atom stereocenters. The molecule has 2 heteroatoms. The quantitative estimate of drug-likeness (QED) is 0.531. The Labute approximate surface area is 55.4 Å². The normalized spacial score (nSPS) is 30.4. The Bertz CT molecular complexity index is 59.5. The van der Waals surface area contributed by atoms with Crippen LogP contribution in [0.5, 0.6) is 0 Å². The van der Waals surface area contributed by atoms with Crippen molar-refractivity contribution in [3.8, 4) is 0 Å². The van der Waals surface area contributed by atoms with Gasteiger partial charge in [0.25, 0.3) is 0 Å². The van der Waals surface area contributed by atoms with Crippen molar-refractivity contribution in [1.29, 1.82) is 0 Å². The first-order valence-electron chi connectivity index (χ1n) is 3.20. The molecule has 0 saturated carbocycles. The number of halogens is 1. The van der Waals surface area contributed by atoms with Gasteiger partial charge in [-0.25, -0.2) is 0 Å². The zero-order chi connectivity index (χ0) is 5.82. The van der Waals surface area contributed by atoms with Crippen LogP contribution in [0.1, 0.15) is 12.8 Å². The van der Waals surface area contributed by atoms with Gasteiger partial charge in [0.05, 0.1) is 0 Å². The number of rotatable bonds is 1. The van der Waals surface area contributed by atoms with E-state index >= 15 is 0 Å². The zero-order valence-corrected chi connectivity index (χ0v) is 5.75. The van der Waals surface area contributed by atoms with E-state index < -0.39 is 0 Å². The Morgan fingerprint density at radius 2 is 2.50 bits per heavy atom. The Morgan fingerprint density at radius 3 is 2.88 bits per heavy atom. The molecule has 0 amide bonds. The highest BCUT2D eigenvalue weighted by Crippen LogP contribution is 2.10. The molecule has 0 aromatic carbocycles. The van der Waals surface area contributed by atoms with E-state index in [1.165, 1.54) is 19.4 Å². The van der Waals surface area contributed by atoms with Crippen molar-refractivity contribution in [3.63, 3.8) is 0 Å². The summed E-state index contributed by atoms with van der Waals surface area (Å²) >= 11 is 5.64. The molecule has 1 fully saturated rings. The highest BCUT2D eigenvalue weighted by molar-refractivity contribution is 6.18. The van der Waals surface area contributed by atoms with Crippen LogP contribution < -0.4 is 5.32 Å². The first kappa shape index (κ1) is 6.37. The van der Waals surface area contributed by atoms with Gasteiger partial charge in [0, 0.05) is 5.88 Å². The van der Waals surface area contributed by atoms with Gasteiger partial charge in [-0.2, -0.15) is 0 Å². The predicted molar refractivity (Wildman–Crippen MR) is 36.3 cm³/mol. The van der Waals surface area contributed by atoms with Crippen molar-refractivity contribution < 1.29 is 0 Å². The standard InChI is InChI=1S/C6H12ClN/c7-4-6-2-1-3-8-5-6/h6,8H,1-5H2/t6-/m1/s1. The van der Waals surface area contributed by atoms with Crippen LogP contribution in [0.2, 0.25) is 0 Å². The number of alkyl halides is 1. The molecule has 1 aliphatic rings. The third-order valence-corrected chi connectivity index (χ3v) is 2.05. The fourth-order valence-electron chi connectivity index (χ4n) is 1.06. The summed E-state index contributed by atoms with van der Waals surface area (Å²) in [5.41, 5.74) is 0. The molecule has 0 spiro atoms. The summed E-state index contributed by atoms with van der Waals surface area (Å²) in [6.07, 6.45) is 2.62. The molecule has 8 heavy (non-hydrogen) atoms. The fourth-order valence-corrected chi connectivity index (χ4v) is 1.32. The van der Waals surface area contributed by atoms with Crippen LogP contribution in [0, 0.1) is 5.92 Å². The average molecular weight is 134 g/mol. The maximum atomic E-state index is 5.64. The van der Waals surface area contributed by atoms with E-state index in [0.717, 1.165) is 18.3 Å². The summed E-state index contributed by atoms with van der Waals surface area (Å²) in [4.78, 5) is 0. The van der Waals surface area contributed by atoms with Crippen molar-refractivity contribution in [2.24, 2.45) is 5.92 Å². The summed E-state index contributed by atoms with van der Waals surface area (Å²) in [6, 6.07) is 0. The first-order valence-corrected chi connectivity index (χ1v) is 3.73. The summed E-state index contributed by atoms with van der Waals surface area (Å²) in [5.74, 6) is 1.57. The molecule has 48 valence electrons. The Kier molecular flexibility index (Phi) is 2.64. The number of nitrogens with one attached hydrogen (secondary N) is 1. The lowest BCUT2D eigenvalue weighted by molar-refractivity contribution is 0.408. The van der Waals surface area contributed by atoms with Crippen molar-refractivity contribution in [1.82, 2.24) is 5.32 Å². The van der Waals surface area contributed by atoms with E-state index in [1.54, 1.807) is 0 Å². The molecule has 1 atom stereocenters. The third-order valence-electron chi connectivity index (χ3n) is 1.62. The topological polar surface area (TPSA) is 12.0 Å². The minimum Gasteiger partial charge on any atom is -0.316 e. The van der Waals surface area contributed by atoms with Crippen LogP contribution in [0.25, 0.3) is 0 Å². The van der Waals surface area contributed by atoms with E-state index in [-0.39, 0.29) is 0 Å². The predicted octanol–water partition coefficient (Wildman–Crippen LogP) is 1.22. The highest BCUT2D eigenvalue weighted by atomic mass is 35.5. The van der Waals surface area contributed by atoms with Gasteiger partial charge in [0.1, 0.15) is 0 Å². The lowest BCUT2D eigenvalue weighted by atomic mass is 10.0. The SMILES string of the molecule is ClC[C@H]1CCCNC1. The number of piperidine rings is 1. The van der Waals surface area contributed by atoms with Gasteiger partial charge in [-0.1, -0.05) is 0 Å². The Balaban J connectivity index is 2.13. The van der Waals surface area contributed by atoms with Crippen molar-refractivity contribution >= 4 is 11.6 Å². The van der Waals surface area contributed by atoms with E-state index in [9.17, 15) is 0 Å². The zero-order valence-electron chi connectivity index (χ0n) is 4.99. The molecule has 1 saturated heterocycles. The third kappa shape index (κ3) is 1.64. The molecular formula is C6H12ClN. The molecule has 0 bridgehead atoms. The molecule has 0 aromatic rings. The van der Waals surface area contributed by atoms with Crippen molar-refractivity contribution in [2.75, 3.05) is 19.0 Å². The number of hydrogen-bond acceptors (Lipinski definition) is 1. The van der Waals surface area contributed by atoms with Gasteiger partial charge < -0.3 is 5.32 Å². The van der Waals surface area contributed by atoms with Crippen molar-refractivity contribution in [2.45, 2.75) is 12.8 Å². The summed E-state index contributed by atoms with van der Waals surface area (Å²) in [7, 11) is 0. The second kappa shape index (κ2) is 3.31. The van der Waals surface area contributed by atoms with Crippen LogP contribution in [-0.4, -0.2) is 19.0 Å². The minimum atomic E-state index is 0.741. The minimum absolute atomic E-state index is 0.741. The molecule has 1 rings (SSSR count). The second-order valence-corrected chi connectivity index (χ2v) is 2.68. The summed E-state index contributed by atoms with van der Waals surface area (Å²) in [6.45, 7) is 2.32. The van der Waals surface area contributed by atoms with Crippen LogP contribution in [0.3, 0.4) is 0 Å². The molecule has 0 aromatic heterocycles. The van der Waals surface area contributed by atoms with Crippen molar-refractivity contribution in [3.05, 3.63) is 0 Å². The number of hydrogen-bond donors (Lipinski definition) is 1. The molecule has 1 heterocycles. The van der Waals surface area contributed by atoms with E-state index in [1.807, 2.05) is 0 Å². The van der Waals surface area contributed by atoms with Gasteiger partial charge in [-0.05, 0) is 31.8 Å². The largest absolute Gasteiger partial charge is 0.316 e. The maximum absolute atomic E-state index is 5.64. The van der Waals surface area contributed by atoms with Gasteiger partial charge in [0.15, 0.2) is 0 Å². The molecule has 0 radical (unpaired) electrons. The van der Waals surface area contributed by atoms with E-state index in [0.29, 0.717) is 0 Å². The molecular weight excluding hydrogens is 122 g/mol. The molecule has 1 nitrogen and oxygen atoms in total. The maximum Gasteiger partial charge on any atom is 0.0263 e. The van der Waals surface area contributed by atoms with E-state index in [2.05, 4.69) is 5.32 Å². The second-order valence-electron chi connectivity index (χ2n) is 2.37. The first-order chi connectivity index (χ1) is 3.93. The highest BCUT2D eigenvalue weighted by Gasteiger charge is 2.09. The van der Waals surface area contributed by atoms with Gasteiger partial charge in [0.2, 0.25) is 0 Å². The molecule has 1 N–H and O–H groups in total. The van der Waals surface area contributed by atoms with Crippen LogP contribution in [0.4, 0.5) is 0 Å². The monoisotopic (exact) mass is 133 g/mol. The Hall–Kier alpha value is 0.250. The van der Waals surface area contributed by atoms with Crippen LogP contribution in [-0.2, 0) is 0 Å². The Morgan fingerprint density at radius 1 is 1.62 bits per heavy atom. The lowest BCUT2D eigenvalue weighted by Gasteiger charge is -2.19. The summed E-state index contributed by atoms with van der Waals surface area (Å²) in [5, 5.41) is 3.30. The van der Waals surface area contributed by atoms with Gasteiger partial charge in [-0.15, -0.1) is 11.6 Å². The molecule has 0 aliphatic carbocycles. The summed E-state index contributed by atoms with van der Waals surface area (Å²) < 4.78 is 0. The van der Waals surface area contributed by atoms with Gasteiger partial charge >= 0.3 is 0 Å². The molecule has 1 aliphatic heterocycles. The van der Waals surface area contributed by atoms with Gasteiger partial charge in [-0.3, -0.25) is 0 Å². The smallest absolute Gasteiger partial charge is 0.0263 e. The lowest BCUT2D eigenvalue weighted by Crippen LogP contribution is -2.30. The van der Waals surface area contributed by atoms with Crippen LogP contribution >= 0.6 is 11.6 Å². The fraction of sp³-hybridized carbons (Fsp3) is 1.00. The van der Waals surface area contributed by atoms with E-state index in [4.69, 9.17) is 11.6 Å².